The van der Waals surface area contributed by atoms with Gasteiger partial charge in [0.2, 0.25) is 0 Å². The number of aldehydes is 1. The number of hydrogen-bond donors (Lipinski definition) is 3. The number of benzene rings is 3. The van der Waals surface area contributed by atoms with E-state index in [4.69, 9.17) is 10.8 Å². The molecule has 3 N–H and O–H groups in total. The summed E-state index contributed by atoms with van der Waals surface area (Å²) in [6, 6.07) is 24.4. The van der Waals surface area contributed by atoms with E-state index in [-0.39, 0.29) is 11.4 Å². The van der Waals surface area contributed by atoms with E-state index in [2.05, 4.69) is 17.4 Å². The average molecular weight is 409 g/mol. The third kappa shape index (κ3) is 4.36. The van der Waals surface area contributed by atoms with Crippen LogP contribution in [-0.4, -0.2) is 23.6 Å². The van der Waals surface area contributed by atoms with Crippen molar-refractivity contribution in [3.63, 3.8) is 0 Å². The molecule has 0 spiro atoms. The Labute approximate surface area is 181 Å². The van der Waals surface area contributed by atoms with Crippen molar-refractivity contribution in [1.82, 2.24) is 5.32 Å². The first-order valence-electron chi connectivity index (χ1n) is 10.2. The highest BCUT2D eigenvalue weighted by molar-refractivity contribution is 6.45. The van der Waals surface area contributed by atoms with Gasteiger partial charge in [-0.3, -0.25) is 15.0 Å². The SMILES string of the molecule is N=C1C(=O)NC(c2cccc(C=O)c2)C1C(=N)c1cccc(CCc2ccccc2)c1. The molecule has 0 bridgehead atoms. The third-order valence-electron chi connectivity index (χ3n) is 5.68. The minimum absolute atomic E-state index is 0.124. The zero-order valence-corrected chi connectivity index (χ0v) is 17.0. The van der Waals surface area contributed by atoms with Gasteiger partial charge in [0.1, 0.15) is 12.0 Å². The Kier molecular flexibility index (Phi) is 5.85. The Morgan fingerprint density at radius 3 is 2.39 bits per heavy atom. The Hall–Kier alpha value is -3.86. The van der Waals surface area contributed by atoms with Gasteiger partial charge in [0.05, 0.1) is 17.7 Å². The van der Waals surface area contributed by atoms with E-state index in [0.29, 0.717) is 11.1 Å². The second-order valence-electron chi connectivity index (χ2n) is 7.73. The van der Waals surface area contributed by atoms with E-state index in [9.17, 15) is 9.59 Å². The van der Waals surface area contributed by atoms with Crippen LogP contribution in [0.2, 0.25) is 0 Å². The van der Waals surface area contributed by atoms with E-state index in [1.165, 1.54) is 5.56 Å². The maximum Gasteiger partial charge on any atom is 0.266 e. The van der Waals surface area contributed by atoms with Crippen LogP contribution < -0.4 is 5.32 Å². The zero-order chi connectivity index (χ0) is 21.8. The lowest BCUT2D eigenvalue weighted by atomic mass is 9.85. The van der Waals surface area contributed by atoms with Crippen LogP contribution in [0.15, 0.2) is 78.9 Å². The van der Waals surface area contributed by atoms with Crippen molar-refractivity contribution in [2.75, 3.05) is 0 Å². The number of amides is 1. The quantitative estimate of drug-likeness (QED) is 0.404. The molecule has 3 aromatic rings. The van der Waals surface area contributed by atoms with Crippen molar-refractivity contribution < 1.29 is 9.59 Å². The first-order valence-corrected chi connectivity index (χ1v) is 10.2. The summed E-state index contributed by atoms with van der Waals surface area (Å²) in [4.78, 5) is 23.5. The van der Waals surface area contributed by atoms with Gasteiger partial charge >= 0.3 is 0 Å². The lowest BCUT2D eigenvalue weighted by molar-refractivity contribution is -0.114. The van der Waals surface area contributed by atoms with Crippen molar-refractivity contribution in [1.29, 1.82) is 10.8 Å². The van der Waals surface area contributed by atoms with Gasteiger partial charge in [0.15, 0.2) is 0 Å². The molecule has 1 heterocycles. The number of carbonyl (C=O) groups excluding carboxylic acids is 2. The minimum Gasteiger partial charge on any atom is -0.343 e. The summed E-state index contributed by atoms with van der Waals surface area (Å²) in [5.41, 5.74) is 4.38. The molecule has 3 aromatic carbocycles. The fraction of sp³-hybridized carbons (Fsp3) is 0.154. The van der Waals surface area contributed by atoms with E-state index in [1.807, 2.05) is 48.5 Å². The highest BCUT2D eigenvalue weighted by Gasteiger charge is 2.41. The van der Waals surface area contributed by atoms with Gasteiger partial charge in [-0.2, -0.15) is 0 Å². The summed E-state index contributed by atoms with van der Waals surface area (Å²) in [6.45, 7) is 0. The second-order valence-corrected chi connectivity index (χ2v) is 7.73. The molecule has 1 fully saturated rings. The second kappa shape index (κ2) is 8.88. The number of nitrogens with one attached hydrogen (secondary N) is 3. The first kappa shape index (κ1) is 20.4. The molecule has 1 aliphatic rings. The summed E-state index contributed by atoms with van der Waals surface area (Å²) in [6.07, 6.45) is 2.50. The number of rotatable bonds is 7. The summed E-state index contributed by atoms with van der Waals surface area (Å²) in [5, 5.41) is 19.9. The molecule has 1 aliphatic heterocycles. The summed E-state index contributed by atoms with van der Waals surface area (Å²) < 4.78 is 0. The van der Waals surface area contributed by atoms with Crippen LogP contribution in [0.1, 0.15) is 38.7 Å². The molecule has 2 unspecified atom stereocenters. The van der Waals surface area contributed by atoms with Gasteiger partial charge < -0.3 is 10.7 Å². The van der Waals surface area contributed by atoms with Crippen LogP contribution in [0, 0.1) is 16.7 Å². The average Bonchev–Trinajstić information content (AvgIpc) is 3.12. The highest BCUT2D eigenvalue weighted by Crippen LogP contribution is 2.31. The maximum absolute atomic E-state index is 12.3. The molecule has 31 heavy (non-hydrogen) atoms. The van der Waals surface area contributed by atoms with Gasteiger partial charge in [-0.1, -0.05) is 66.7 Å². The molecule has 1 saturated heterocycles. The fourth-order valence-corrected chi connectivity index (χ4v) is 4.03. The van der Waals surface area contributed by atoms with E-state index in [0.717, 1.165) is 30.3 Å². The van der Waals surface area contributed by atoms with Crippen LogP contribution in [0.5, 0.6) is 0 Å². The molecule has 0 saturated carbocycles. The van der Waals surface area contributed by atoms with Gasteiger partial charge in [-0.15, -0.1) is 0 Å². The lowest BCUT2D eigenvalue weighted by Gasteiger charge is -2.21. The molecule has 5 nitrogen and oxygen atoms in total. The van der Waals surface area contributed by atoms with Crippen molar-refractivity contribution in [2.45, 2.75) is 18.9 Å². The lowest BCUT2D eigenvalue weighted by Crippen LogP contribution is -2.26. The first-order chi connectivity index (χ1) is 15.1. The van der Waals surface area contributed by atoms with Gasteiger partial charge in [0, 0.05) is 5.56 Å². The number of carbonyl (C=O) groups is 2. The molecule has 0 aliphatic carbocycles. The minimum atomic E-state index is -0.709. The highest BCUT2D eigenvalue weighted by atomic mass is 16.2. The monoisotopic (exact) mass is 409 g/mol. The standard InChI is InChI=1S/C26H23N3O2/c27-23(20-10-4-8-18(14-20)13-12-17-6-2-1-3-7-17)22-24(28)26(31)29-25(22)21-11-5-9-19(15-21)16-30/h1-11,14-16,22,25,27-28H,12-13H2,(H,29,31). The number of hydrogen-bond acceptors (Lipinski definition) is 4. The zero-order valence-electron chi connectivity index (χ0n) is 17.0. The predicted octanol–water partition coefficient (Wildman–Crippen LogP) is 4.16. The molecular formula is C26H23N3O2. The summed E-state index contributed by atoms with van der Waals surface area (Å²) in [5.74, 6) is -1.18. The van der Waals surface area contributed by atoms with Crippen LogP contribution >= 0.6 is 0 Å². The fourth-order valence-electron chi connectivity index (χ4n) is 4.03. The van der Waals surface area contributed by atoms with E-state index < -0.39 is 17.9 Å². The summed E-state index contributed by atoms with van der Waals surface area (Å²) in [7, 11) is 0. The van der Waals surface area contributed by atoms with Crippen LogP contribution in [0.25, 0.3) is 0 Å². The Morgan fingerprint density at radius 2 is 1.61 bits per heavy atom. The van der Waals surface area contributed by atoms with Crippen LogP contribution in [-0.2, 0) is 17.6 Å². The van der Waals surface area contributed by atoms with E-state index in [1.54, 1.807) is 18.2 Å². The van der Waals surface area contributed by atoms with Crippen molar-refractivity contribution >= 4 is 23.6 Å². The maximum atomic E-state index is 12.3. The molecule has 4 rings (SSSR count). The topological polar surface area (TPSA) is 93.9 Å². The van der Waals surface area contributed by atoms with Gasteiger partial charge in [0.25, 0.3) is 5.91 Å². The van der Waals surface area contributed by atoms with Gasteiger partial charge in [-0.25, -0.2) is 0 Å². The number of aryl methyl sites for hydroxylation is 2. The Balaban J connectivity index is 1.58. The third-order valence-corrected chi connectivity index (χ3v) is 5.68. The molecule has 1 amide bonds. The molecule has 0 aromatic heterocycles. The van der Waals surface area contributed by atoms with Crippen molar-refractivity contribution in [2.24, 2.45) is 5.92 Å². The Bertz CT molecular complexity index is 1150. The van der Waals surface area contributed by atoms with Crippen LogP contribution in [0.3, 0.4) is 0 Å². The molecular weight excluding hydrogens is 386 g/mol. The predicted molar refractivity (Wildman–Crippen MR) is 121 cm³/mol. The van der Waals surface area contributed by atoms with Crippen LogP contribution in [0.4, 0.5) is 0 Å². The molecule has 0 radical (unpaired) electrons. The molecule has 154 valence electrons. The molecule has 5 heteroatoms. The van der Waals surface area contributed by atoms with E-state index >= 15 is 0 Å². The van der Waals surface area contributed by atoms with Crippen molar-refractivity contribution in [3.05, 3.63) is 107 Å². The summed E-state index contributed by atoms with van der Waals surface area (Å²) >= 11 is 0. The normalized spacial score (nSPS) is 17.9. The molecule has 2 atom stereocenters. The Morgan fingerprint density at radius 1 is 0.903 bits per heavy atom. The van der Waals surface area contributed by atoms with Gasteiger partial charge in [-0.05, 0) is 47.2 Å². The van der Waals surface area contributed by atoms with Crippen molar-refractivity contribution in [3.8, 4) is 0 Å². The smallest absolute Gasteiger partial charge is 0.266 e. The largest absolute Gasteiger partial charge is 0.343 e.